The molecule has 1 saturated carbocycles. The van der Waals surface area contributed by atoms with E-state index in [0.717, 1.165) is 12.8 Å². The van der Waals surface area contributed by atoms with Crippen molar-refractivity contribution in [3.8, 4) is 0 Å². The summed E-state index contributed by atoms with van der Waals surface area (Å²) in [6.45, 7) is 0. The molecule has 1 N–H and O–H groups in total. The molecule has 2 aromatic rings. The van der Waals surface area contributed by atoms with Crippen LogP contribution < -0.4 is 5.32 Å². The molecule has 1 spiro atoms. The molecule has 126 valence electrons. The highest BCUT2D eigenvalue weighted by Gasteiger charge is 2.74. The number of amides is 2. The molecule has 2 aliphatic heterocycles. The van der Waals surface area contributed by atoms with Gasteiger partial charge in [-0.1, -0.05) is 0 Å². The molecule has 2 aromatic heterocycles. The van der Waals surface area contributed by atoms with E-state index in [1.807, 2.05) is 0 Å². The molecular weight excluding hydrogens is 316 g/mol. The van der Waals surface area contributed by atoms with Crippen molar-refractivity contribution in [1.82, 2.24) is 19.5 Å². The Bertz CT molecular complexity index is 821. The van der Waals surface area contributed by atoms with Gasteiger partial charge in [0.1, 0.15) is 5.82 Å². The van der Waals surface area contributed by atoms with E-state index < -0.39 is 11.3 Å². The third kappa shape index (κ3) is 1.82. The van der Waals surface area contributed by atoms with Crippen molar-refractivity contribution in [3.05, 3.63) is 24.5 Å². The normalized spacial score (nSPS) is 33.2. The topological polar surface area (TPSA) is 62.5 Å². The summed E-state index contributed by atoms with van der Waals surface area (Å²) in [5.41, 5.74) is -0.201. The van der Waals surface area contributed by atoms with Crippen LogP contribution in [0.1, 0.15) is 32.1 Å². The Balaban J connectivity index is 1.38. The molecule has 2 bridgehead atoms. The van der Waals surface area contributed by atoms with Gasteiger partial charge in [-0.3, -0.25) is 5.32 Å². The number of rotatable bonds is 1. The first kappa shape index (κ1) is 14.1. The lowest BCUT2D eigenvalue weighted by atomic mass is 9.87. The highest BCUT2D eigenvalue weighted by molar-refractivity contribution is 5.89. The second kappa shape index (κ2) is 4.43. The van der Waals surface area contributed by atoms with Crippen LogP contribution in [0.2, 0.25) is 0 Å². The van der Waals surface area contributed by atoms with Gasteiger partial charge in [0.05, 0.1) is 6.20 Å². The smallest absolute Gasteiger partial charge is 0.318 e. The van der Waals surface area contributed by atoms with E-state index in [4.69, 9.17) is 0 Å². The molecule has 2 unspecified atom stereocenters. The van der Waals surface area contributed by atoms with Gasteiger partial charge in [0.15, 0.2) is 5.65 Å². The third-order valence-corrected chi connectivity index (χ3v) is 5.84. The second-order valence-electron chi connectivity index (χ2n) is 7.22. The van der Waals surface area contributed by atoms with E-state index in [1.165, 1.54) is 0 Å². The van der Waals surface area contributed by atoms with Gasteiger partial charge in [-0.2, -0.15) is 9.61 Å². The average molecular weight is 333 g/mol. The first-order valence-electron chi connectivity index (χ1n) is 8.25. The summed E-state index contributed by atoms with van der Waals surface area (Å²) in [7, 11) is 0. The summed E-state index contributed by atoms with van der Waals surface area (Å²) < 4.78 is 29.0. The summed E-state index contributed by atoms with van der Waals surface area (Å²) in [5, 5.41) is 7.01. The Kier molecular flexibility index (Phi) is 2.61. The van der Waals surface area contributed by atoms with E-state index in [9.17, 15) is 13.6 Å². The first-order valence-corrected chi connectivity index (χ1v) is 8.25. The highest BCUT2D eigenvalue weighted by Crippen LogP contribution is 2.69. The number of alkyl halides is 2. The number of aromatic nitrogens is 3. The van der Waals surface area contributed by atoms with Crippen molar-refractivity contribution in [2.45, 2.75) is 50.1 Å². The average Bonchev–Trinajstić information content (AvgIpc) is 2.89. The van der Waals surface area contributed by atoms with Crippen LogP contribution in [0.25, 0.3) is 5.65 Å². The van der Waals surface area contributed by atoms with Crippen molar-refractivity contribution in [2.24, 2.45) is 5.41 Å². The van der Waals surface area contributed by atoms with Crippen LogP contribution in [-0.4, -0.2) is 43.5 Å². The van der Waals surface area contributed by atoms with Crippen LogP contribution in [0, 0.1) is 5.41 Å². The molecule has 4 heterocycles. The number of carbonyl (C=O) groups excluding carboxylic acids is 1. The minimum atomic E-state index is -2.54. The lowest BCUT2D eigenvalue weighted by Gasteiger charge is -2.39. The monoisotopic (exact) mass is 333 g/mol. The van der Waals surface area contributed by atoms with Gasteiger partial charge in [0.2, 0.25) is 0 Å². The van der Waals surface area contributed by atoms with Crippen LogP contribution in [-0.2, 0) is 0 Å². The molecule has 3 fully saturated rings. The fourth-order valence-corrected chi connectivity index (χ4v) is 4.61. The zero-order chi connectivity index (χ0) is 16.5. The van der Waals surface area contributed by atoms with Gasteiger partial charge < -0.3 is 4.90 Å². The Morgan fingerprint density at radius 3 is 2.58 bits per heavy atom. The highest BCUT2D eigenvalue weighted by atomic mass is 19.3. The zero-order valence-corrected chi connectivity index (χ0v) is 13.0. The number of halogens is 2. The van der Waals surface area contributed by atoms with Crippen molar-refractivity contribution < 1.29 is 13.6 Å². The number of hydrogen-bond donors (Lipinski definition) is 1. The summed E-state index contributed by atoms with van der Waals surface area (Å²) in [4.78, 5) is 18.7. The summed E-state index contributed by atoms with van der Waals surface area (Å²) >= 11 is 0. The van der Waals surface area contributed by atoms with E-state index in [0.29, 0.717) is 24.3 Å². The van der Waals surface area contributed by atoms with Gasteiger partial charge in [0, 0.05) is 36.2 Å². The number of nitrogens with zero attached hydrogens (tertiary/aromatic N) is 4. The van der Waals surface area contributed by atoms with Crippen molar-refractivity contribution in [1.29, 1.82) is 0 Å². The third-order valence-electron chi connectivity index (χ3n) is 5.84. The van der Waals surface area contributed by atoms with E-state index in [-0.39, 0.29) is 24.5 Å². The Morgan fingerprint density at radius 2 is 1.92 bits per heavy atom. The summed E-state index contributed by atoms with van der Waals surface area (Å²) in [5.74, 6) is -2.01. The molecule has 0 aromatic carbocycles. The lowest BCUT2D eigenvalue weighted by Crippen LogP contribution is -2.50. The fourth-order valence-electron chi connectivity index (χ4n) is 4.61. The largest absolute Gasteiger partial charge is 0.323 e. The van der Waals surface area contributed by atoms with Crippen LogP contribution in [0.15, 0.2) is 24.5 Å². The van der Waals surface area contributed by atoms with E-state index >= 15 is 0 Å². The summed E-state index contributed by atoms with van der Waals surface area (Å²) in [6, 6.07) is 3.02. The Morgan fingerprint density at radius 1 is 1.21 bits per heavy atom. The number of carbonyl (C=O) groups is 1. The maximum Gasteiger partial charge on any atom is 0.323 e. The van der Waals surface area contributed by atoms with Crippen molar-refractivity contribution in [3.63, 3.8) is 0 Å². The van der Waals surface area contributed by atoms with Gasteiger partial charge in [-0.25, -0.2) is 18.6 Å². The molecule has 5 rings (SSSR count). The predicted molar refractivity (Wildman–Crippen MR) is 81.9 cm³/mol. The minimum absolute atomic E-state index is 0.0132. The zero-order valence-electron chi connectivity index (χ0n) is 13.0. The maximum atomic E-state index is 13.7. The van der Waals surface area contributed by atoms with Crippen LogP contribution in [0.3, 0.4) is 0 Å². The Hall–Kier alpha value is -2.25. The molecule has 0 radical (unpaired) electrons. The molecule has 3 aliphatic rings. The standard InChI is InChI=1S/C16H17F2N5O/c17-16(18)9-15(16)7-10-1-2-11(8-15)22(10)14(24)21-13-3-5-19-12-4-6-20-23(12)13/h3-6,10-11H,1-2,7-9H2,(H,21,24). The molecule has 8 heteroatoms. The quantitative estimate of drug-likeness (QED) is 0.873. The predicted octanol–water partition coefficient (Wildman–Crippen LogP) is 2.91. The Labute approximate surface area is 136 Å². The second-order valence-corrected chi connectivity index (χ2v) is 7.22. The molecule has 24 heavy (non-hydrogen) atoms. The molecule has 2 amide bonds. The van der Waals surface area contributed by atoms with Gasteiger partial charge in [-0.15, -0.1) is 0 Å². The van der Waals surface area contributed by atoms with Gasteiger partial charge >= 0.3 is 6.03 Å². The molecule has 1 aliphatic carbocycles. The number of nitrogens with one attached hydrogen (secondary N) is 1. The molecule has 2 atom stereocenters. The van der Waals surface area contributed by atoms with Crippen LogP contribution >= 0.6 is 0 Å². The van der Waals surface area contributed by atoms with Crippen LogP contribution in [0.5, 0.6) is 0 Å². The number of urea groups is 1. The number of anilines is 1. The number of fused-ring (bicyclic) bond motifs is 3. The van der Waals surface area contributed by atoms with Crippen molar-refractivity contribution in [2.75, 3.05) is 5.32 Å². The molecular formula is C16H17F2N5O. The first-order chi connectivity index (χ1) is 11.5. The minimum Gasteiger partial charge on any atom is -0.318 e. The van der Waals surface area contributed by atoms with Crippen LogP contribution in [0.4, 0.5) is 19.4 Å². The summed E-state index contributed by atoms with van der Waals surface area (Å²) in [6.07, 6.45) is 5.65. The van der Waals surface area contributed by atoms with E-state index in [2.05, 4.69) is 15.4 Å². The van der Waals surface area contributed by atoms with Crippen molar-refractivity contribution >= 4 is 17.5 Å². The number of piperidine rings is 1. The molecule has 6 nitrogen and oxygen atoms in total. The maximum absolute atomic E-state index is 13.7. The number of hydrogen-bond acceptors (Lipinski definition) is 3. The molecule has 2 saturated heterocycles. The fraction of sp³-hybridized carbons (Fsp3) is 0.562. The van der Waals surface area contributed by atoms with Gasteiger partial charge in [-0.05, 0) is 31.7 Å². The lowest BCUT2D eigenvalue weighted by molar-refractivity contribution is 0.0186. The van der Waals surface area contributed by atoms with Gasteiger partial charge in [0.25, 0.3) is 5.92 Å². The van der Waals surface area contributed by atoms with E-state index in [1.54, 1.807) is 33.9 Å². The SMILES string of the molecule is O=C(Nc1ccnc2ccnn12)N1C2CCC1CC1(C2)CC1(F)F.